The lowest BCUT2D eigenvalue weighted by molar-refractivity contribution is 0.863. The average molecular weight is 238 g/mol. The highest BCUT2D eigenvalue weighted by molar-refractivity contribution is 7.71. The van der Waals surface area contributed by atoms with Crippen LogP contribution in [0.4, 0.5) is 0 Å². The van der Waals surface area contributed by atoms with Gasteiger partial charge < -0.3 is 18.1 Å². The number of nitrogens with zero attached hydrogens (tertiary/aromatic N) is 4. The van der Waals surface area contributed by atoms with Crippen LogP contribution in [0, 0.1) is 9.54 Å². The van der Waals surface area contributed by atoms with Gasteiger partial charge in [0.2, 0.25) is 0 Å². The first-order valence-corrected chi connectivity index (χ1v) is 5.35. The van der Waals surface area contributed by atoms with Crippen LogP contribution < -0.4 is 0 Å². The van der Waals surface area contributed by atoms with Crippen molar-refractivity contribution in [2.45, 2.75) is 0 Å². The molecule has 2 heterocycles. The Balaban J connectivity index is 2.38. The van der Waals surface area contributed by atoms with Crippen molar-refractivity contribution >= 4 is 32.0 Å². The minimum Gasteiger partial charge on any atom is -0.350 e. The normalized spacial score (nSPS) is 10.5. The van der Waals surface area contributed by atoms with E-state index in [-0.39, 0.29) is 0 Å². The van der Waals surface area contributed by atoms with E-state index in [0.717, 1.165) is 9.54 Å². The van der Waals surface area contributed by atoms with Crippen LogP contribution in [0.2, 0.25) is 0 Å². The van der Waals surface area contributed by atoms with E-state index in [9.17, 15) is 0 Å². The summed E-state index contributed by atoms with van der Waals surface area (Å²) in [5.41, 5.74) is 0. The van der Waals surface area contributed by atoms with Crippen molar-refractivity contribution in [1.29, 1.82) is 0 Å². The number of aromatic nitrogens is 4. The Morgan fingerprint density at radius 2 is 1.27 bits per heavy atom. The van der Waals surface area contributed by atoms with Crippen molar-refractivity contribution < 1.29 is 0 Å². The minimum absolute atomic E-state index is 0.666. The smallest absolute Gasteiger partial charge is 0.350 e. The Labute approximate surface area is 98.7 Å². The second-order valence-electron chi connectivity index (χ2n) is 3.46. The fraction of sp³-hybridized carbons (Fsp3) is 0.250. The van der Waals surface area contributed by atoms with Crippen LogP contribution in [-0.4, -0.2) is 25.6 Å². The van der Waals surface area contributed by atoms with Crippen molar-refractivity contribution in [3.05, 3.63) is 34.3 Å². The third-order valence-electron chi connectivity index (χ3n) is 2.34. The summed E-state index contributed by atoms with van der Waals surface area (Å²) in [7, 11) is 4.53. The molecule has 0 saturated heterocycles. The molecule has 0 saturated carbocycles. The topological polar surface area (TPSA) is 19.7 Å². The van der Waals surface area contributed by atoms with Gasteiger partial charge in [-0.05, 0) is 24.4 Å². The molecule has 0 amide bonds. The Bertz CT molecular complexity index is 536. The molecule has 2 aromatic heterocycles. The number of aryl methyl sites for hydroxylation is 2. The van der Waals surface area contributed by atoms with Crippen LogP contribution in [0.1, 0.15) is 0 Å². The number of hydrogen-bond acceptors (Lipinski definition) is 2. The van der Waals surface area contributed by atoms with Crippen LogP contribution in [0.3, 0.4) is 0 Å². The Kier molecular flexibility index (Phi) is 2.66. The second-order valence-corrected chi connectivity index (χ2v) is 4.19. The van der Waals surface area contributed by atoms with Gasteiger partial charge in [-0.25, -0.2) is 0 Å². The molecule has 78 valence electrons. The van der Waals surface area contributed by atoms with Gasteiger partial charge in [-0.3, -0.25) is 0 Å². The molecule has 0 aromatic carbocycles. The van der Waals surface area contributed by atoms with Crippen molar-refractivity contribution in [2.75, 3.05) is 0 Å². The molecule has 0 unspecified atom stereocenters. The Morgan fingerprint density at radius 1 is 0.867 bits per heavy atom. The molecule has 0 N–H and O–H groups in total. The van der Waals surface area contributed by atoms with Gasteiger partial charge in [0.25, 0.3) is 0 Å². The fourth-order valence-corrected chi connectivity index (χ4v) is 1.76. The fourth-order valence-electron chi connectivity index (χ4n) is 1.40. The van der Waals surface area contributed by atoms with E-state index in [0.29, 0.717) is 7.55 Å². The monoisotopic (exact) mass is 238 g/mol. The van der Waals surface area contributed by atoms with E-state index in [1.807, 2.05) is 57.0 Å². The van der Waals surface area contributed by atoms with E-state index < -0.39 is 0 Å². The van der Waals surface area contributed by atoms with Crippen LogP contribution in [0.25, 0.3) is 0 Å². The molecule has 4 nitrogen and oxygen atoms in total. The quantitative estimate of drug-likeness (QED) is 0.576. The van der Waals surface area contributed by atoms with Crippen molar-refractivity contribution in [3.8, 4) is 0 Å². The first kappa shape index (κ1) is 10.4. The van der Waals surface area contributed by atoms with Gasteiger partial charge in [-0.1, -0.05) is 0 Å². The summed E-state index contributed by atoms with van der Waals surface area (Å²) in [5, 5.41) is 0. The molecule has 0 aliphatic heterocycles. The largest absolute Gasteiger partial charge is 0.368 e. The lowest BCUT2D eigenvalue weighted by Gasteiger charge is -2.01. The summed E-state index contributed by atoms with van der Waals surface area (Å²) in [6.07, 6.45) is 7.79. The molecule has 0 atom stereocenters. The zero-order valence-electron chi connectivity index (χ0n) is 8.62. The van der Waals surface area contributed by atoms with Gasteiger partial charge in [0.15, 0.2) is 9.54 Å². The van der Waals surface area contributed by atoms with E-state index in [1.54, 1.807) is 0 Å². The number of imidazole rings is 2. The maximum atomic E-state index is 5.25. The third-order valence-corrected chi connectivity index (χ3v) is 3.38. The summed E-state index contributed by atoms with van der Waals surface area (Å²) in [4.78, 5) is 0. The standard InChI is InChI=1S/C8H11BN4S2/c1-10-3-5-12(7(10)14)9-13-6-4-11(2)8(13)15/h3-6,9H,1-2H3. The highest BCUT2D eigenvalue weighted by atomic mass is 32.1. The highest BCUT2D eigenvalue weighted by Gasteiger charge is 2.02. The first-order chi connectivity index (χ1) is 7.09. The zero-order chi connectivity index (χ0) is 11.0. The molecular formula is C8H11BN4S2. The van der Waals surface area contributed by atoms with Gasteiger partial charge in [0.05, 0.1) is 0 Å². The molecule has 0 radical (unpaired) electrons. The summed E-state index contributed by atoms with van der Waals surface area (Å²) in [6, 6.07) is 0. The summed E-state index contributed by atoms with van der Waals surface area (Å²) in [5.74, 6) is 0. The maximum absolute atomic E-state index is 5.25. The lowest BCUT2D eigenvalue weighted by atomic mass is 10.2. The van der Waals surface area contributed by atoms with Gasteiger partial charge in [0.1, 0.15) is 0 Å². The molecule has 0 spiro atoms. The van der Waals surface area contributed by atoms with Crippen molar-refractivity contribution in [1.82, 2.24) is 18.1 Å². The predicted octanol–water partition coefficient (Wildman–Crippen LogP) is 1.09. The maximum Gasteiger partial charge on any atom is 0.368 e. The van der Waals surface area contributed by atoms with E-state index in [2.05, 4.69) is 0 Å². The Morgan fingerprint density at radius 3 is 1.53 bits per heavy atom. The van der Waals surface area contributed by atoms with E-state index in [4.69, 9.17) is 24.4 Å². The van der Waals surface area contributed by atoms with Crippen LogP contribution in [-0.2, 0) is 14.1 Å². The van der Waals surface area contributed by atoms with Crippen LogP contribution >= 0.6 is 24.4 Å². The number of hydrogen-bond donors (Lipinski definition) is 0. The van der Waals surface area contributed by atoms with Crippen molar-refractivity contribution in [2.24, 2.45) is 14.1 Å². The van der Waals surface area contributed by atoms with E-state index in [1.165, 1.54) is 0 Å². The molecule has 0 aliphatic carbocycles. The molecule has 0 fully saturated rings. The third kappa shape index (κ3) is 1.84. The first-order valence-electron chi connectivity index (χ1n) is 4.53. The summed E-state index contributed by atoms with van der Waals surface area (Å²) >= 11 is 10.5. The Hall–Kier alpha value is -1.08. The van der Waals surface area contributed by atoms with Gasteiger partial charge in [-0.2, -0.15) is 0 Å². The number of rotatable bonds is 2. The molecule has 2 aromatic rings. The minimum atomic E-state index is 0.666. The van der Waals surface area contributed by atoms with Gasteiger partial charge in [0, 0.05) is 38.9 Å². The molecule has 7 heteroatoms. The van der Waals surface area contributed by atoms with Crippen LogP contribution in [0.5, 0.6) is 0 Å². The van der Waals surface area contributed by atoms with Crippen molar-refractivity contribution in [3.63, 3.8) is 0 Å². The molecule has 0 aliphatic rings. The summed E-state index contributed by atoms with van der Waals surface area (Å²) < 4.78 is 9.35. The van der Waals surface area contributed by atoms with Gasteiger partial charge in [-0.15, -0.1) is 0 Å². The van der Waals surface area contributed by atoms with Gasteiger partial charge >= 0.3 is 7.55 Å². The molecular weight excluding hydrogens is 227 g/mol. The molecule has 2 rings (SSSR count). The molecule has 0 bridgehead atoms. The SMILES string of the molecule is Cn1ccn(Bn2ccn(C)c2=S)c1=S. The summed E-state index contributed by atoms with van der Waals surface area (Å²) in [6.45, 7) is 0. The van der Waals surface area contributed by atoms with Crippen LogP contribution in [0.15, 0.2) is 24.8 Å². The second kappa shape index (κ2) is 3.82. The lowest BCUT2D eigenvalue weighted by Crippen LogP contribution is -2.16. The molecule has 15 heavy (non-hydrogen) atoms. The predicted molar refractivity (Wildman–Crippen MR) is 66.4 cm³/mol. The van der Waals surface area contributed by atoms with E-state index >= 15 is 0 Å². The zero-order valence-corrected chi connectivity index (χ0v) is 10.3. The average Bonchev–Trinajstić information content (AvgIpc) is 2.68. The highest BCUT2D eigenvalue weighted by Crippen LogP contribution is 1.96.